The standard InChI is InChI=1S/C17H17FN4O3S/c1-11(2)25-17-20-16(12-3-5-13(18)6-4-12)22(21-17)14-7-9-15(10-8-14)26(19,23)24/h3-11H,1-2H3,(H2,19,23,24). The second-order valence-corrected chi connectivity index (χ2v) is 7.40. The normalized spacial score (nSPS) is 11.7. The van der Waals surface area contributed by atoms with Crippen molar-refractivity contribution in [1.29, 1.82) is 0 Å². The van der Waals surface area contributed by atoms with Crippen molar-refractivity contribution in [3.8, 4) is 23.1 Å². The molecule has 0 atom stereocenters. The third-order valence-corrected chi connectivity index (χ3v) is 4.37. The minimum absolute atomic E-state index is 0.0108. The van der Waals surface area contributed by atoms with Crippen LogP contribution in [0.5, 0.6) is 6.01 Å². The van der Waals surface area contributed by atoms with Crippen molar-refractivity contribution in [1.82, 2.24) is 14.8 Å². The first-order valence-electron chi connectivity index (χ1n) is 7.77. The Labute approximate surface area is 150 Å². The number of benzene rings is 2. The number of nitrogens with zero attached hydrogens (tertiary/aromatic N) is 3. The van der Waals surface area contributed by atoms with Crippen LogP contribution in [0.4, 0.5) is 4.39 Å². The van der Waals surface area contributed by atoms with Gasteiger partial charge >= 0.3 is 6.01 Å². The summed E-state index contributed by atoms with van der Waals surface area (Å²) in [5, 5.41) is 9.44. The molecule has 0 aliphatic rings. The summed E-state index contributed by atoms with van der Waals surface area (Å²) in [5.74, 6) is 0.0694. The lowest BCUT2D eigenvalue weighted by atomic mass is 10.2. The number of halogens is 1. The second-order valence-electron chi connectivity index (χ2n) is 5.84. The van der Waals surface area contributed by atoms with E-state index in [0.717, 1.165) is 0 Å². The molecule has 0 saturated carbocycles. The van der Waals surface area contributed by atoms with Crippen LogP contribution in [0, 0.1) is 5.82 Å². The minimum atomic E-state index is -3.79. The third-order valence-electron chi connectivity index (χ3n) is 3.44. The third kappa shape index (κ3) is 3.89. The maximum Gasteiger partial charge on any atom is 0.336 e. The van der Waals surface area contributed by atoms with E-state index in [1.54, 1.807) is 24.3 Å². The van der Waals surface area contributed by atoms with Gasteiger partial charge < -0.3 is 4.74 Å². The molecule has 0 radical (unpaired) electrons. The SMILES string of the molecule is CC(C)Oc1nc(-c2ccc(F)cc2)n(-c2ccc(S(N)(=O)=O)cc2)n1. The number of hydrogen-bond donors (Lipinski definition) is 1. The van der Waals surface area contributed by atoms with E-state index in [9.17, 15) is 12.8 Å². The number of nitrogens with two attached hydrogens (primary N) is 1. The van der Waals surface area contributed by atoms with Crippen LogP contribution in [0.1, 0.15) is 13.8 Å². The second kappa shape index (κ2) is 6.85. The van der Waals surface area contributed by atoms with E-state index >= 15 is 0 Å². The fourth-order valence-electron chi connectivity index (χ4n) is 2.30. The van der Waals surface area contributed by atoms with Gasteiger partial charge in [-0.25, -0.2) is 22.6 Å². The van der Waals surface area contributed by atoms with Crippen LogP contribution in [-0.4, -0.2) is 29.3 Å². The summed E-state index contributed by atoms with van der Waals surface area (Å²) in [6.45, 7) is 3.69. The van der Waals surface area contributed by atoms with Crippen molar-refractivity contribution in [2.45, 2.75) is 24.8 Å². The molecule has 7 nitrogen and oxygen atoms in total. The van der Waals surface area contributed by atoms with Gasteiger partial charge in [0.05, 0.1) is 16.7 Å². The predicted octanol–water partition coefficient (Wildman–Crippen LogP) is 2.51. The fourth-order valence-corrected chi connectivity index (χ4v) is 2.81. The van der Waals surface area contributed by atoms with Crippen molar-refractivity contribution in [2.24, 2.45) is 5.14 Å². The molecule has 0 spiro atoms. The highest BCUT2D eigenvalue weighted by Gasteiger charge is 2.16. The van der Waals surface area contributed by atoms with Gasteiger partial charge in [-0.1, -0.05) is 0 Å². The number of primary sulfonamides is 1. The monoisotopic (exact) mass is 376 g/mol. The van der Waals surface area contributed by atoms with Gasteiger partial charge in [0.2, 0.25) is 10.0 Å². The Kier molecular flexibility index (Phi) is 4.75. The summed E-state index contributed by atoms with van der Waals surface area (Å²) in [4.78, 5) is 4.35. The molecule has 2 aromatic carbocycles. The zero-order chi connectivity index (χ0) is 18.9. The van der Waals surface area contributed by atoms with Crippen LogP contribution in [0.2, 0.25) is 0 Å². The molecule has 2 N–H and O–H groups in total. The Hall–Kier alpha value is -2.78. The Morgan fingerprint density at radius 1 is 1.08 bits per heavy atom. The molecule has 0 aliphatic heterocycles. The Morgan fingerprint density at radius 3 is 2.23 bits per heavy atom. The van der Waals surface area contributed by atoms with Gasteiger partial charge in [0.1, 0.15) is 5.82 Å². The molecular formula is C17H17FN4O3S. The van der Waals surface area contributed by atoms with E-state index in [0.29, 0.717) is 17.1 Å². The molecule has 0 saturated heterocycles. The molecule has 1 aromatic heterocycles. The molecule has 3 rings (SSSR count). The summed E-state index contributed by atoms with van der Waals surface area (Å²) in [6, 6.07) is 11.8. The maximum absolute atomic E-state index is 13.2. The number of sulfonamides is 1. The highest BCUT2D eigenvalue weighted by Crippen LogP contribution is 2.25. The van der Waals surface area contributed by atoms with Crippen LogP contribution in [-0.2, 0) is 10.0 Å². The maximum atomic E-state index is 13.2. The topological polar surface area (TPSA) is 100 Å². The minimum Gasteiger partial charge on any atom is -0.460 e. The van der Waals surface area contributed by atoms with Crippen molar-refractivity contribution >= 4 is 10.0 Å². The molecule has 1 heterocycles. The van der Waals surface area contributed by atoms with E-state index in [1.807, 2.05) is 13.8 Å². The van der Waals surface area contributed by atoms with Crippen LogP contribution < -0.4 is 9.88 Å². The van der Waals surface area contributed by atoms with Crippen LogP contribution >= 0.6 is 0 Å². The van der Waals surface area contributed by atoms with Crippen molar-refractivity contribution in [3.05, 3.63) is 54.3 Å². The molecule has 136 valence electrons. The van der Waals surface area contributed by atoms with Crippen molar-refractivity contribution < 1.29 is 17.5 Å². The zero-order valence-electron chi connectivity index (χ0n) is 14.1. The van der Waals surface area contributed by atoms with Crippen LogP contribution in [0.3, 0.4) is 0 Å². The lowest BCUT2D eigenvalue weighted by molar-refractivity contribution is 0.222. The van der Waals surface area contributed by atoms with Gasteiger partial charge in [-0.3, -0.25) is 0 Å². The van der Waals surface area contributed by atoms with E-state index in [2.05, 4.69) is 10.1 Å². The van der Waals surface area contributed by atoms with E-state index < -0.39 is 10.0 Å². The van der Waals surface area contributed by atoms with Crippen molar-refractivity contribution in [2.75, 3.05) is 0 Å². The van der Waals surface area contributed by atoms with Crippen LogP contribution in [0.25, 0.3) is 17.1 Å². The van der Waals surface area contributed by atoms with Gasteiger partial charge in [-0.05, 0) is 62.4 Å². The average molecular weight is 376 g/mol. The predicted molar refractivity (Wildman–Crippen MR) is 93.9 cm³/mol. The zero-order valence-corrected chi connectivity index (χ0v) is 14.9. The number of aromatic nitrogens is 3. The lowest BCUT2D eigenvalue weighted by Crippen LogP contribution is -2.12. The quantitative estimate of drug-likeness (QED) is 0.737. The summed E-state index contributed by atoms with van der Waals surface area (Å²) < 4.78 is 43.1. The van der Waals surface area contributed by atoms with Gasteiger partial charge in [-0.15, -0.1) is 5.10 Å². The summed E-state index contributed by atoms with van der Waals surface area (Å²) >= 11 is 0. The fraction of sp³-hybridized carbons (Fsp3) is 0.176. The number of rotatable bonds is 5. The first kappa shape index (κ1) is 18.0. The highest BCUT2D eigenvalue weighted by atomic mass is 32.2. The molecule has 0 aliphatic carbocycles. The molecule has 0 amide bonds. The molecule has 3 aromatic rings. The van der Waals surface area contributed by atoms with E-state index in [4.69, 9.17) is 9.88 Å². The first-order valence-corrected chi connectivity index (χ1v) is 9.31. The van der Waals surface area contributed by atoms with Gasteiger partial charge in [0, 0.05) is 5.56 Å². The molecule has 0 fully saturated rings. The highest BCUT2D eigenvalue weighted by molar-refractivity contribution is 7.89. The Bertz CT molecular complexity index is 1010. The largest absolute Gasteiger partial charge is 0.460 e. The summed E-state index contributed by atoms with van der Waals surface area (Å²) in [7, 11) is -3.79. The Balaban J connectivity index is 2.09. The molecule has 26 heavy (non-hydrogen) atoms. The van der Waals surface area contributed by atoms with E-state index in [-0.39, 0.29) is 22.8 Å². The molecule has 9 heteroatoms. The van der Waals surface area contributed by atoms with Gasteiger partial charge in [0.15, 0.2) is 5.82 Å². The molecule has 0 bridgehead atoms. The van der Waals surface area contributed by atoms with E-state index in [1.165, 1.54) is 28.9 Å². The Morgan fingerprint density at radius 2 is 1.69 bits per heavy atom. The van der Waals surface area contributed by atoms with Gasteiger partial charge in [0.25, 0.3) is 0 Å². The van der Waals surface area contributed by atoms with Crippen molar-refractivity contribution in [3.63, 3.8) is 0 Å². The number of hydrogen-bond acceptors (Lipinski definition) is 5. The smallest absolute Gasteiger partial charge is 0.336 e. The molecule has 0 unspecified atom stereocenters. The average Bonchev–Trinajstić information content (AvgIpc) is 2.98. The summed E-state index contributed by atoms with van der Waals surface area (Å²) in [6.07, 6.45) is -0.128. The first-order chi connectivity index (χ1) is 12.2. The molecular weight excluding hydrogens is 359 g/mol. The lowest BCUT2D eigenvalue weighted by Gasteiger charge is -2.06. The summed E-state index contributed by atoms with van der Waals surface area (Å²) in [5.41, 5.74) is 1.19. The van der Waals surface area contributed by atoms with Gasteiger partial charge in [-0.2, -0.15) is 4.98 Å². The van der Waals surface area contributed by atoms with Crippen LogP contribution in [0.15, 0.2) is 53.4 Å². The number of ether oxygens (including phenoxy) is 1.